The van der Waals surface area contributed by atoms with Crippen LogP contribution in [0.15, 0.2) is 12.4 Å². The molecule has 4 nitrogen and oxygen atoms in total. The van der Waals surface area contributed by atoms with E-state index in [0.717, 1.165) is 39.3 Å². The molecule has 0 aromatic carbocycles. The summed E-state index contributed by atoms with van der Waals surface area (Å²) >= 11 is 14.9. The van der Waals surface area contributed by atoms with E-state index >= 15 is 0 Å². The molecule has 8 heteroatoms. The number of hydrogen-bond acceptors (Lipinski definition) is 6. The average molecular weight is 363 g/mol. The minimum absolute atomic E-state index is 0.628. The summed E-state index contributed by atoms with van der Waals surface area (Å²) in [5.41, 5.74) is 0. The molecule has 0 N–H and O–H groups in total. The van der Waals surface area contributed by atoms with Crippen molar-refractivity contribution in [2.24, 2.45) is 0 Å². The molecule has 0 radical (unpaired) electrons. The van der Waals surface area contributed by atoms with Gasteiger partial charge in [0.1, 0.15) is 0 Å². The number of thiazole rings is 2. The Morgan fingerprint density at radius 3 is 1.71 bits per heavy atom. The molecule has 0 aliphatic carbocycles. The van der Waals surface area contributed by atoms with Crippen molar-refractivity contribution >= 4 is 45.9 Å². The summed E-state index contributed by atoms with van der Waals surface area (Å²) in [5, 5.41) is 0. The highest BCUT2D eigenvalue weighted by Gasteiger charge is 2.16. The number of nitrogens with zero attached hydrogens (tertiary/aromatic N) is 4. The lowest BCUT2D eigenvalue weighted by Gasteiger charge is -2.20. The fourth-order valence-electron chi connectivity index (χ4n) is 2.49. The van der Waals surface area contributed by atoms with E-state index in [1.807, 2.05) is 12.4 Å². The van der Waals surface area contributed by atoms with Crippen molar-refractivity contribution < 1.29 is 0 Å². The Balaban J connectivity index is 1.51. The largest absolute Gasteiger partial charge is 0.297 e. The third-order valence-electron chi connectivity index (χ3n) is 3.49. The second-order valence-corrected chi connectivity index (χ2v) is 8.46. The minimum Gasteiger partial charge on any atom is -0.297 e. The van der Waals surface area contributed by atoms with Gasteiger partial charge in [-0.25, -0.2) is 9.97 Å². The third kappa shape index (κ3) is 4.61. The van der Waals surface area contributed by atoms with Gasteiger partial charge in [-0.15, -0.1) is 22.7 Å². The molecular weight excluding hydrogens is 347 g/mol. The average Bonchev–Trinajstić information content (AvgIpc) is 2.96. The first kappa shape index (κ1) is 15.6. The summed E-state index contributed by atoms with van der Waals surface area (Å²) in [5.74, 6) is 0. The lowest BCUT2D eigenvalue weighted by atomic mass is 10.3. The number of hydrogen-bond donors (Lipinski definition) is 0. The van der Waals surface area contributed by atoms with Crippen molar-refractivity contribution in [2.75, 3.05) is 26.2 Å². The predicted octanol–water partition coefficient (Wildman–Crippen LogP) is 3.61. The summed E-state index contributed by atoms with van der Waals surface area (Å²) < 4.78 is 1.26. The molecular formula is C13H16Cl2N4S2. The molecule has 0 amide bonds. The van der Waals surface area contributed by atoms with Crippen LogP contribution in [-0.2, 0) is 13.1 Å². The Morgan fingerprint density at radius 1 is 0.857 bits per heavy atom. The van der Waals surface area contributed by atoms with E-state index in [9.17, 15) is 0 Å². The molecule has 0 spiro atoms. The van der Waals surface area contributed by atoms with Crippen LogP contribution in [0.2, 0.25) is 8.93 Å². The van der Waals surface area contributed by atoms with Crippen LogP contribution in [0, 0.1) is 0 Å². The maximum absolute atomic E-state index is 5.89. The summed E-state index contributed by atoms with van der Waals surface area (Å²) in [6.07, 6.45) is 4.95. The van der Waals surface area contributed by atoms with Crippen molar-refractivity contribution in [3.05, 3.63) is 31.1 Å². The second-order valence-electron chi connectivity index (χ2n) is 5.06. The van der Waals surface area contributed by atoms with Crippen molar-refractivity contribution in [1.29, 1.82) is 0 Å². The zero-order chi connectivity index (χ0) is 14.7. The maximum atomic E-state index is 5.89. The first-order chi connectivity index (χ1) is 10.2. The Bertz CT molecular complexity index is 536. The number of rotatable bonds is 4. The van der Waals surface area contributed by atoms with Crippen molar-refractivity contribution in [3.8, 4) is 0 Å². The Kier molecular flexibility index (Phi) is 5.48. The van der Waals surface area contributed by atoms with Gasteiger partial charge in [-0.3, -0.25) is 9.80 Å². The molecule has 1 aliphatic heterocycles. The van der Waals surface area contributed by atoms with Gasteiger partial charge in [0.15, 0.2) is 8.93 Å². The Hall–Kier alpha value is -0.240. The van der Waals surface area contributed by atoms with Crippen molar-refractivity contribution in [1.82, 2.24) is 19.8 Å². The van der Waals surface area contributed by atoms with Gasteiger partial charge in [-0.05, 0) is 19.5 Å². The van der Waals surface area contributed by atoms with Crippen LogP contribution in [0.5, 0.6) is 0 Å². The van der Waals surface area contributed by atoms with E-state index in [2.05, 4.69) is 19.8 Å². The van der Waals surface area contributed by atoms with Gasteiger partial charge in [0.05, 0.1) is 0 Å². The molecule has 1 aliphatic rings. The molecule has 3 heterocycles. The standard InChI is InChI=1S/C13H16Cl2N4S2/c14-12-16-6-10(20-12)8-18-2-1-3-19(5-4-18)9-11-7-17-13(15)21-11/h6-7H,1-5,8-9H2. The van der Waals surface area contributed by atoms with E-state index in [1.54, 1.807) is 22.7 Å². The van der Waals surface area contributed by atoms with Crippen LogP contribution < -0.4 is 0 Å². The fraction of sp³-hybridized carbons (Fsp3) is 0.538. The van der Waals surface area contributed by atoms with Crippen LogP contribution >= 0.6 is 45.9 Å². The Morgan fingerprint density at radius 2 is 1.33 bits per heavy atom. The van der Waals surface area contributed by atoms with Gasteiger partial charge < -0.3 is 0 Å². The summed E-state index contributed by atoms with van der Waals surface area (Å²) in [4.78, 5) is 15.6. The third-order valence-corrected chi connectivity index (χ3v) is 5.69. The van der Waals surface area contributed by atoms with Crippen LogP contribution in [0.1, 0.15) is 16.2 Å². The van der Waals surface area contributed by atoms with Crippen LogP contribution in [-0.4, -0.2) is 45.9 Å². The normalized spacial score (nSPS) is 18.0. The summed E-state index contributed by atoms with van der Waals surface area (Å²) in [7, 11) is 0. The highest BCUT2D eigenvalue weighted by Crippen LogP contribution is 2.22. The highest BCUT2D eigenvalue weighted by molar-refractivity contribution is 7.16. The first-order valence-electron chi connectivity index (χ1n) is 6.84. The molecule has 0 atom stereocenters. The molecule has 3 rings (SSSR count). The maximum Gasteiger partial charge on any atom is 0.183 e. The molecule has 2 aromatic heterocycles. The minimum atomic E-state index is 0.628. The van der Waals surface area contributed by atoms with Crippen molar-refractivity contribution in [2.45, 2.75) is 19.5 Å². The summed E-state index contributed by atoms with van der Waals surface area (Å²) in [6, 6.07) is 0. The van der Waals surface area contributed by atoms with Crippen molar-refractivity contribution in [3.63, 3.8) is 0 Å². The molecule has 21 heavy (non-hydrogen) atoms. The zero-order valence-electron chi connectivity index (χ0n) is 11.5. The molecule has 1 saturated heterocycles. The van der Waals surface area contributed by atoms with Crippen LogP contribution in [0.4, 0.5) is 0 Å². The van der Waals surface area contributed by atoms with E-state index < -0.39 is 0 Å². The van der Waals surface area contributed by atoms with Gasteiger partial charge in [-0.2, -0.15) is 0 Å². The van der Waals surface area contributed by atoms with E-state index in [4.69, 9.17) is 23.2 Å². The Labute approximate surface area is 142 Å². The molecule has 114 valence electrons. The van der Waals surface area contributed by atoms with Gasteiger partial charge >= 0.3 is 0 Å². The predicted molar refractivity (Wildman–Crippen MR) is 89.4 cm³/mol. The topological polar surface area (TPSA) is 32.3 Å². The van der Waals surface area contributed by atoms with Gasteiger partial charge in [0.25, 0.3) is 0 Å². The molecule has 0 unspecified atom stereocenters. The number of aromatic nitrogens is 2. The van der Waals surface area contributed by atoms with E-state index in [1.165, 1.54) is 16.2 Å². The lowest BCUT2D eigenvalue weighted by molar-refractivity contribution is 0.249. The molecule has 0 saturated carbocycles. The van der Waals surface area contributed by atoms with Gasteiger partial charge in [-0.1, -0.05) is 23.2 Å². The SMILES string of the molecule is Clc1ncc(CN2CCCN(Cc3cnc(Cl)s3)CC2)s1. The molecule has 1 fully saturated rings. The van der Waals surface area contributed by atoms with Crippen LogP contribution in [0.3, 0.4) is 0 Å². The van der Waals surface area contributed by atoms with Gasteiger partial charge in [0, 0.05) is 48.3 Å². The highest BCUT2D eigenvalue weighted by atomic mass is 35.5. The summed E-state index contributed by atoms with van der Waals surface area (Å²) in [6.45, 7) is 6.28. The fourth-order valence-corrected chi connectivity index (χ4v) is 4.54. The second kappa shape index (κ2) is 7.35. The lowest BCUT2D eigenvalue weighted by Crippen LogP contribution is -2.29. The monoisotopic (exact) mass is 362 g/mol. The molecule has 2 aromatic rings. The molecule has 0 bridgehead atoms. The quantitative estimate of drug-likeness (QED) is 0.831. The number of halogens is 2. The smallest absolute Gasteiger partial charge is 0.183 e. The van der Waals surface area contributed by atoms with Crippen LogP contribution in [0.25, 0.3) is 0 Å². The first-order valence-corrected chi connectivity index (χ1v) is 9.23. The van der Waals surface area contributed by atoms with E-state index in [0.29, 0.717) is 8.93 Å². The zero-order valence-corrected chi connectivity index (χ0v) is 14.6. The van der Waals surface area contributed by atoms with Gasteiger partial charge in [0.2, 0.25) is 0 Å². The van der Waals surface area contributed by atoms with E-state index in [-0.39, 0.29) is 0 Å².